The number of aliphatic imine (C=N–C) groups is 1. The van der Waals surface area contributed by atoms with Gasteiger partial charge in [-0.05, 0) is 42.7 Å². The zero-order valence-electron chi connectivity index (χ0n) is 10.1. The number of fused-ring (bicyclic) bond motifs is 1. The summed E-state index contributed by atoms with van der Waals surface area (Å²) in [6, 6.07) is 2.88. The van der Waals surface area contributed by atoms with E-state index in [9.17, 15) is 0 Å². The van der Waals surface area contributed by atoms with Crippen LogP contribution in [0.2, 0.25) is 0 Å². The quantitative estimate of drug-likeness (QED) is 0.887. The number of nitrogens with zero attached hydrogens (tertiary/aromatic N) is 1. The highest BCUT2D eigenvalue weighted by Crippen LogP contribution is 2.33. The Labute approximate surface area is 111 Å². The maximum atomic E-state index is 4.73. The van der Waals surface area contributed by atoms with Gasteiger partial charge in [-0.2, -0.15) is 0 Å². The Morgan fingerprint density at radius 1 is 1.47 bits per heavy atom. The maximum absolute atomic E-state index is 4.73. The first kappa shape index (κ1) is 11.6. The lowest BCUT2D eigenvalue weighted by atomic mass is 10.1. The van der Waals surface area contributed by atoms with Crippen LogP contribution >= 0.6 is 23.1 Å². The Bertz CT molecular complexity index is 425. The highest BCUT2D eigenvalue weighted by Gasteiger charge is 2.31. The van der Waals surface area contributed by atoms with Crippen LogP contribution in [0.1, 0.15) is 29.7 Å². The minimum atomic E-state index is 0.708. The molecule has 3 rings (SSSR count). The van der Waals surface area contributed by atoms with E-state index in [0.29, 0.717) is 6.04 Å². The van der Waals surface area contributed by atoms with Gasteiger partial charge in [0.05, 0.1) is 6.54 Å². The molecule has 1 N–H and O–H groups in total. The first-order valence-corrected chi connectivity index (χ1v) is 8.16. The van der Waals surface area contributed by atoms with Gasteiger partial charge in [-0.1, -0.05) is 18.2 Å². The van der Waals surface area contributed by atoms with E-state index in [-0.39, 0.29) is 0 Å². The highest BCUT2D eigenvalue weighted by molar-refractivity contribution is 8.13. The molecule has 1 aromatic rings. The van der Waals surface area contributed by atoms with E-state index in [1.807, 2.05) is 23.1 Å². The van der Waals surface area contributed by atoms with Crippen molar-refractivity contribution in [1.82, 2.24) is 5.32 Å². The fraction of sp³-hybridized carbons (Fsp3) is 0.615. The predicted molar refractivity (Wildman–Crippen MR) is 76.9 cm³/mol. The number of amidine groups is 1. The molecule has 1 aliphatic heterocycles. The molecule has 0 aromatic carbocycles. The fourth-order valence-electron chi connectivity index (χ4n) is 2.61. The maximum Gasteiger partial charge on any atom is 0.157 e. The number of aryl methyl sites for hydroxylation is 1. The minimum Gasteiger partial charge on any atom is -0.362 e. The van der Waals surface area contributed by atoms with Crippen molar-refractivity contribution in [3.63, 3.8) is 0 Å². The third-order valence-electron chi connectivity index (χ3n) is 3.74. The second-order valence-corrected chi connectivity index (χ2v) is 6.91. The largest absolute Gasteiger partial charge is 0.362 e. The Hall–Kier alpha value is -0.480. The van der Waals surface area contributed by atoms with Crippen molar-refractivity contribution in [3.8, 4) is 0 Å². The summed E-state index contributed by atoms with van der Waals surface area (Å²) in [4.78, 5) is 6.12. The van der Waals surface area contributed by atoms with Crippen LogP contribution in [0.3, 0.4) is 0 Å². The first-order valence-electron chi connectivity index (χ1n) is 6.29. The van der Waals surface area contributed by atoms with E-state index in [1.54, 1.807) is 0 Å². The Kier molecular flexibility index (Phi) is 3.43. The third kappa shape index (κ3) is 2.52. The van der Waals surface area contributed by atoms with Gasteiger partial charge in [-0.25, -0.2) is 0 Å². The molecule has 0 amide bonds. The Balaban J connectivity index is 1.63. The van der Waals surface area contributed by atoms with Crippen LogP contribution in [0.25, 0.3) is 0 Å². The number of rotatable bonds is 2. The van der Waals surface area contributed by atoms with Gasteiger partial charge < -0.3 is 5.32 Å². The van der Waals surface area contributed by atoms with Gasteiger partial charge in [-0.15, -0.1) is 11.3 Å². The summed E-state index contributed by atoms with van der Waals surface area (Å²) in [6.45, 7) is 3.01. The summed E-state index contributed by atoms with van der Waals surface area (Å²) in [6.07, 6.45) is 4.13. The van der Waals surface area contributed by atoms with Crippen LogP contribution in [-0.2, 0) is 6.54 Å². The van der Waals surface area contributed by atoms with Gasteiger partial charge in [0, 0.05) is 16.7 Å². The molecule has 1 saturated carbocycles. The Morgan fingerprint density at radius 3 is 3.24 bits per heavy atom. The minimum absolute atomic E-state index is 0.708. The monoisotopic (exact) mass is 266 g/mol. The summed E-state index contributed by atoms with van der Waals surface area (Å²) in [5, 5.41) is 6.93. The van der Waals surface area contributed by atoms with Crippen LogP contribution in [0.15, 0.2) is 16.4 Å². The second kappa shape index (κ2) is 5.02. The number of thioether (sulfide) groups is 1. The van der Waals surface area contributed by atoms with Crippen LogP contribution < -0.4 is 5.32 Å². The van der Waals surface area contributed by atoms with Crippen molar-refractivity contribution >= 4 is 28.3 Å². The van der Waals surface area contributed by atoms with Crippen molar-refractivity contribution < 1.29 is 0 Å². The van der Waals surface area contributed by atoms with E-state index in [1.165, 1.54) is 40.6 Å². The molecule has 17 heavy (non-hydrogen) atoms. The number of nitrogens with one attached hydrogen (secondary N) is 1. The van der Waals surface area contributed by atoms with Crippen molar-refractivity contribution in [2.75, 3.05) is 5.75 Å². The molecule has 2 atom stereocenters. The van der Waals surface area contributed by atoms with Crippen LogP contribution in [0.4, 0.5) is 0 Å². The van der Waals surface area contributed by atoms with E-state index < -0.39 is 0 Å². The average molecular weight is 266 g/mol. The van der Waals surface area contributed by atoms with Crippen molar-refractivity contribution in [3.05, 3.63) is 21.9 Å². The van der Waals surface area contributed by atoms with Crippen molar-refractivity contribution in [2.24, 2.45) is 10.9 Å². The van der Waals surface area contributed by atoms with Crippen molar-refractivity contribution in [2.45, 2.75) is 38.8 Å². The molecule has 1 aliphatic carbocycles. The average Bonchev–Trinajstić information content (AvgIpc) is 2.94. The van der Waals surface area contributed by atoms with Crippen LogP contribution in [0, 0.1) is 12.8 Å². The number of thiophene rings is 1. The van der Waals surface area contributed by atoms with Gasteiger partial charge >= 0.3 is 0 Å². The zero-order valence-corrected chi connectivity index (χ0v) is 11.7. The van der Waals surface area contributed by atoms with E-state index in [4.69, 9.17) is 4.99 Å². The zero-order chi connectivity index (χ0) is 11.7. The molecule has 2 unspecified atom stereocenters. The number of hydrogen-bond acceptors (Lipinski definition) is 3. The summed E-state index contributed by atoms with van der Waals surface area (Å²) in [5.74, 6) is 2.15. The molecule has 0 radical (unpaired) electrons. The topological polar surface area (TPSA) is 24.4 Å². The number of hydrogen-bond donors (Lipinski definition) is 1. The molecule has 4 heteroatoms. The van der Waals surface area contributed by atoms with Gasteiger partial charge in [0.15, 0.2) is 5.17 Å². The third-order valence-corrected chi connectivity index (χ3v) is 5.86. The van der Waals surface area contributed by atoms with Gasteiger partial charge in [0.25, 0.3) is 0 Å². The summed E-state index contributed by atoms with van der Waals surface area (Å²) >= 11 is 3.72. The normalized spacial score (nSPS) is 30.3. The predicted octanol–water partition coefficient (Wildman–Crippen LogP) is 3.42. The Morgan fingerprint density at radius 2 is 2.41 bits per heavy atom. The summed E-state index contributed by atoms with van der Waals surface area (Å²) in [5.41, 5.74) is 1.37. The molecule has 2 heterocycles. The lowest BCUT2D eigenvalue weighted by molar-refractivity contribution is 0.490. The van der Waals surface area contributed by atoms with E-state index in [0.717, 1.165) is 12.5 Å². The molecule has 0 bridgehead atoms. The molecular formula is C13H18N2S2. The van der Waals surface area contributed by atoms with Gasteiger partial charge in [0.2, 0.25) is 0 Å². The lowest BCUT2D eigenvalue weighted by Crippen LogP contribution is -2.41. The molecule has 92 valence electrons. The SMILES string of the molecule is Cc1ccsc1CN=C1NC2CCCC2CS1. The molecule has 0 spiro atoms. The van der Waals surface area contributed by atoms with Crippen molar-refractivity contribution in [1.29, 1.82) is 0 Å². The van der Waals surface area contributed by atoms with E-state index >= 15 is 0 Å². The molecule has 1 saturated heterocycles. The molecular weight excluding hydrogens is 248 g/mol. The highest BCUT2D eigenvalue weighted by atomic mass is 32.2. The van der Waals surface area contributed by atoms with Gasteiger partial charge in [0.1, 0.15) is 0 Å². The van der Waals surface area contributed by atoms with Crippen LogP contribution in [0.5, 0.6) is 0 Å². The summed E-state index contributed by atoms with van der Waals surface area (Å²) < 4.78 is 0. The lowest BCUT2D eigenvalue weighted by Gasteiger charge is -2.28. The van der Waals surface area contributed by atoms with Crippen LogP contribution in [-0.4, -0.2) is 17.0 Å². The standard InChI is InChI=1S/C13H18N2S2/c1-9-5-6-16-12(9)7-14-13-15-11-4-2-3-10(11)8-17-13/h5-6,10-11H,2-4,7-8H2,1H3,(H,14,15). The smallest absolute Gasteiger partial charge is 0.157 e. The van der Waals surface area contributed by atoms with E-state index in [2.05, 4.69) is 23.7 Å². The molecule has 1 aromatic heterocycles. The molecule has 2 aliphatic rings. The fourth-order valence-corrected chi connectivity index (χ4v) is 4.60. The van der Waals surface area contributed by atoms with Gasteiger partial charge in [-0.3, -0.25) is 4.99 Å². The second-order valence-electron chi connectivity index (χ2n) is 4.90. The molecule has 2 nitrogen and oxygen atoms in total. The molecule has 2 fully saturated rings. The summed E-state index contributed by atoms with van der Waals surface area (Å²) in [7, 11) is 0. The first-order chi connectivity index (χ1) is 8.33.